The molecule has 0 fully saturated rings. The van der Waals surface area contributed by atoms with Crippen LogP contribution in [-0.4, -0.2) is 11.3 Å². The van der Waals surface area contributed by atoms with E-state index in [9.17, 15) is 0 Å². The Morgan fingerprint density at radius 2 is 0.870 bits per heavy atom. The van der Waals surface area contributed by atoms with Crippen LogP contribution in [0.3, 0.4) is 0 Å². The van der Waals surface area contributed by atoms with Gasteiger partial charge in [-0.2, -0.15) is 0 Å². The fraction of sp³-hybridized carbons (Fsp3) is 0.0833. The number of anilines is 9. The highest BCUT2D eigenvalue weighted by Crippen LogP contribution is 2.59. The normalized spacial score (nSPS) is 14.6. The molecule has 0 bridgehead atoms. The zero-order chi connectivity index (χ0) is 51.3. The molecule has 0 spiro atoms. The average Bonchev–Trinajstić information content (AvgIpc) is 4.12. The summed E-state index contributed by atoms with van der Waals surface area (Å²) >= 11 is 0. The minimum Gasteiger partial charge on any atom is -0.311 e. The first-order chi connectivity index (χ1) is 37.8. The Labute approximate surface area is 450 Å². The summed E-state index contributed by atoms with van der Waals surface area (Å²) in [5.74, 6) is 0. The van der Waals surface area contributed by atoms with Gasteiger partial charge < -0.3 is 19.3 Å². The molecule has 0 N–H and O–H groups in total. The van der Waals surface area contributed by atoms with Crippen LogP contribution >= 0.6 is 0 Å². The molecule has 0 amide bonds. The topological polar surface area (TPSA) is 14.7 Å². The van der Waals surface area contributed by atoms with Crippen molar-refractivity contribution in [3.63, 3.8) is 0 Å². The number of rotatable bonds is 6. The molecule has 0 atom stereocenters. The van der Waals surface area contributed by atoms with Crippen molar-refractivity contribution in [2.75, 3.05) is 14.7 Å². The molecule has 2 aliphatic carbocycles. The van der Waals surface area contributed by atoms with E-state index in [0.29, 0.717) is 0 Å². The number of hydrogen-bond donors (Lipinski definition) is 0. The Kier molecular flexibility index (Phi) is 9.20. The zero-order valence-corrected chi connectivity index (χ0v) is 43.5. The predicted octanol–water partition coefficient (Wildman–Crippen LogP) is 16.9. The predicted molar refractivity (Wildman–Crippen MR) is 325 cm³/mol. The quantitative estimate of drug-likeness (QED) is 0.154. The molecule has 1 aromatic heterocycles. The fourth-order valence-corrected chi connectivity index (χ4v) is 14.4. The number of fused-ring (bicyclic) bond motifs is 15. The molecule has 11 aromatic carbocycles. The molecule has 0 saturated carbocycles. The number of para-hydroxylation sites is 5. The van der Waals surface area contributed by atoms with Crippen LogP contribution < -0.4 is 31.1 Å². The van der Waals surface area contributed by atoms with Crippen molar-refractivity contribution in [2.45, 2.75) is 38.5 Å². The van der Waals surface area contributed by atoms with Crippen molar-refractivity contribution in [3.8, 4) is 27.9 Å². The summed E-state index contributed by atoms with van der Waals surface area (Å²) in [6.45, 7) is 9.46. The molecule has 4 aliphatic rings. The molecule has 0 unspecified atom stereocenters. The van der Waals surface area contributed by atoms with E-state index in [1.807, 2.05) is 0 Å². The molecular formula is C72H53BN4. The van der Waals surface area contributed by atoms with Gasteiger partial charge in [-0.1, -0.05) is 198 Å². The van der Waals surface area contributed by atoms with Crippen molar-refractivity contribution in [1.29, 1.82) is 0 Å². The molecule has 0 radical (unpaired) electrons. The van der Waals surface area contributed by atoms with E-state index in [4.69, 9.17) is 0 Å². The Hall–Kier alpha value is -9.32. The van der Waals surface area contributed by atoms with E-state index in [1.54, 1.807) is 0 Å². The molecule has 16 rings (SSSR count). The SMILES string of the molecule is CC1(C)c2ccccc2-c2c(N(c3ccccc3)c3cc4c5c(c3)N(c3ccccc3)c3c(ccc6c3c3ccccc3n6-c3ccccc3)B5c3ccc5c(c3N4c3ccccc3)-c3ccccc3C5(C)C)cccc21. The highest BCUT2D eigenvalue weighted by molar-refractivity contribution is 7.00. The highest BCUT2D eigenvalue weighted by atomic mass is 15.2. The van der Waals surface area contributed by atoms with Crippen LogP contribution in [0.1, 0.15) is 49.9 Å². The van der Waals surface area contributed by atoms with Gasteiger partial charge in [0.05, 0.1) is 28.1 Å². The van der Waals surface area contributed by atoms with Crippen molar-refractivity contribution in [3.05, 3.63) is 271 Å². The van der Waals surface area contributed by atoms with E-state index >= 15 is 0 Å². The van der Waals surface area contributed by atoms with Crippen LogP contribution in [0.15, 0.2) is 249 Å². The average molecular weight is 985 g/mol. The lowest BCUT2D eigenvalue weighted by molar-refractivity contribution is 0.660. The van der Waals surface area contributed by atoms with Gasteiger partial charge in [0.2, 0.25) is 0 Å². The van der Waals surface area contributed by atoms with Crippen LogP contribution in [0, 0.1) is 0 Å². The summed E-state index contributed by atoms with van der Waals surface area (Å²) in [5.41, 5.74) is 28.0. The van der Waals surface area contributed by atoms with Crippen LogP contribution in [0.4, 0.5) is 51.2 Å². The Bertz CT molecular complexity index is 4410. The summed E-state index contributed by atoms with van der Waals surface area (Å²) in [6, 6.07) is 93.3. The molecular weight excluding hydrogens is 932 g/mol. The number of benzene rings is 11. The van der Waals surface area contributed by atoms with Crippen LogP contribution in [0.25, 0.3) is 49.7 Å². The van der Waals surface area contributed by atoms with Gasteiger partial charge in [-0.05, 0) is 129 Å². The Morgan fingerprint density at radius 3 is 1.52 bits per heavy atom. The summed E-state index contributed by atoms with van der Waals surface area (Å²) in [5, 5.41) is 2.46. The van der Waals surface area contributed by atoms with Gasteiger partial charge in [0.15, 0.2) is 0 Å². The Morgan fingerprint density at radius 1 is 0.377 bits per heavy atom. The molecule has 12 aromatic rings. The first-order valence-electron chi connectivity index (χ1n) is 27.1. The molecule has 5 heteroatoms. The number of hydrogen-bond acceptors (Lipinski definition) is 3. The first-order valence-corrected chi connectivity index (χ1v) is 27.1. The lowest BCUT2D eigenvalue weighted by Crippen LogP contribution is -2.61. The first kappa shape index (κ1) is 44.0. The van der Waals surface area contributed by atoms with E-state index < -0.39 is 0 Å². The van der Waals surface area contributed by atoms with Gasteiger partial charge in [-0.15, -0.1) is 0 Å². The second-order valence-corrected chi connectivity index (χ2v) is 22.4. The van der Waals surface area contributed by atoms with Gasteiger partial charge >= 0.3 is 0 Å². The van der Waals surface area contributed by atoms with Gasteiger partial charge in [-0.25, -0.2) is 0 Å². The third-order valence-corrected chi connectivity index (χ3v) is 17.7. The number of aromatic nitrogens is 1. The van der Waals surface area contributed by atoms with Crippen molar-refractivity contribution in [1.82, 2.24) is 4.57 Å². The van der Waals surface area contributed by atoms with E-state index in [2.05, 4.69) is 296 Å². The molecule has 3 heterocycles. The van der Waals surface area contributed by atoms with Crippen LogP contribution in [0.2, 0.25) is 0 Å². The third kappa shape index (κ3) is 6.00. The second kappa shape index (κ2) is 16.1. The molecule has 77 heavy (non-hydrogen) atoms. The maximum absolute atomic E-state index is 2.64. The van der Waals surface area contributed by atoms with E-state index in [-0.39, 0.29) is 17.5 Å². The minimum atomic E-state index is -0.210. The molecule has 0 saturated heterocycles. The summed E-state index contributed by atoms with van der Waals surface area (Å²) < 4.78 is 2.47. The van der Waals surface area contributed by atoms with E-state index in [0.717, 1.165) is 39.8 Å². The minimum absolute atomic E-state index is 0.123. The van der Waals surface area contributed by atoms with Crippen molar-refractivity contribution >= 4 is 96.1 Å². The standard InChI is InChI=1S/C72H53BN4/c1-71(2)54-35-20-17-32-51(54)65-56(71)37-23-39-61(65)74(46-24-9-5-10-25-46)50-44-63-68-64(45-50)77(49-30-15-8-16-31-49)70-59(42-43-62-67(70)53-34-19-22-38-60(53)75(62)47-26-11-6-12-27-47)73(68)58-41-40-57-66(52-33-18-21-36-55(52)72(57,3)4)69(58)76(63)48-28-13-7-14-29-48/h5-45H,1-4H3. The highest BCUT2D eigenvalue weighted by Gasteiger charge is 2.49. The lowest BCUT2D eigenvalue weighted by atomic mass is 9.33. The summed E-state index contributed by atoms with van der Waals surface area (Å²) in [7, 11) is 0. The molecule has 2 aliphatic heterocycles. The van der Waals surface area contributed by atoms with Gasteiger partial charge in [0.1, 0.15) is 0 Å². The van der Waals surface area contributed by atoms with Gasteiger partial charge in [0, 0.05) is 72.5 Å². The monoisotopic (exact) mass is 984 g/mol. The van der Waals surface area contributed by atoms with Crippen LogP contribution in [0.5, 0.6) is 0 Å². The maximum Gasteiger partial charge on any atom is 0.252 e. The largest absolute Gasteiger partial charge is 0.311 e. The van der Waals surface area contributed by atoms with Crippen molar-refractivity contribution in [2.24, 2.45) is 0 Å². The smallest absolute Gasteiger partial charge is 0.252 e. The van der Waals surface area contributed by atoms with E-state index in [1.165, 1.54) is 99.8 Å². The Balaban J connectivity index is 1.09. The molecule has 364 valence electrons. The second-order valence-electron chi connectivity index (χ2n) is 22.4. The lowest BCUT2D eigenvalue weighted by Gasteiger charge is -2.46. The summed E-state index contributed by atoms with van der Waals surface area (Å²) in [4.78, 5) is 7.81. The van der Waals surface area contributed by atoms with Gasteiger partial charge in [0.25, 0.3) is 6.71 Å². The van der Waals surface area contributed by atoms with Crippen LogP contribution in [-0.2, 0) is 10.8 Å². The van der Waals surface area contributed by atoms with Crippen molar-refractivity contribution < 1.29 is 0 Å². The summed E-state index contributed by atoms with van der Waals surface area (Å²) in [6.07, 6.45) is 0. The maximum atomic E-state index is 2.64. The zero-order valence-electron chi connectivity index (χ0n) is 43.5. The third-order valence-electron chi connectivity index (χ3n) is 17.7. The number of nitrogens with zero attached hydrogens (tertiary/aromatic N) is 4. The van der Waals surface area contributed by atoms with Gasteiger partial charge in [-0.3, -0.25) is 0 Å². The molecule has 4 nitrogen and oxygen atoms in total. The fourth-order valence-electron chi connectivity index (χ4n) is 14.4.